The first-order valence-electron chi connectivity index (χ1n) is 19.0. The normalized spacial score (nSPS) is 13.1. The van der Waals surface area contributed by atoms with Crippen molar-refractivity contribution in [3.63, 3.8) is 0 Å². The number of rotatable bonds is 6. The Morgan fingerprint density at radius 1 is 0.500 bits per heavy atom. The SMILES string of the molecule is C1=CC(c2ccccn2)=C(c2ccc3c(c2)c2cc(-c4ccccc4-c4ccccn4)ccc2n3-c2ccc3sc4ccc(-c5cccnc5)cc4c3c2)CC1. The van der Waals surface area contributed by atoms with Crippen LogP contribution in [0, 0.1) is 0 Å². The van der Waals surface area contributed by atoms with E-state index in [-0.39, 0.29) is 0 Å². The molecule has 10 aromatic rings. The van der Waals surface area contributed by atoms with Crippen LogP contribution < -0.4 is 0 Å². The molecule has 0 saturated heterocycles. The second-order valence-corrected chi connectivity index (χ2v) is 15.4. The molecule has 0 aliphatic heterocycles. The van der Waals surface area contributed by atoms with Crippen molar-refractivity contribution in [1.29, 1.82) is 0 Å². The molecule has 0 N–H and O–H groups in total. The maximum absolute atomic E-state index is 4.76. The Labute approximate surface area is 328 Å². The molecule has 0 fully saturated rings. The van der Waals surface area contributed by atoms with Crippen LogP contribution in [0.5, 0.6) is 0 Å². The van der Waals surface area contributed by atoms with Crippen molar-refractivity contribution in [3.8, 4) is 39.2 Å². The number of fused-ring (bicyclic) bond motifs is 6. The van der Waals surface area contributed by atoms with Crippen molar-refractivity contribution in [3.05, 3.63) is 194 Å². The third-order valence-corrected chi connectivity index (χ3v) is 12.3. The molecule has 56 heavy (non-hydrogen) atoms. The van der Waals surface area contributed by atoms with Crippen molar-refractivity contribution in [1.82, 2.24) is 19.5 Å². The topological polar surface area (TPSA) is 43.6 Å². The van der Waals surface area contributed by atoms with Crippen LogP contribution in [-0.2, 0) is 0 Å². The Balaban J connectivity index is 1.15. The van der Waals surface area contributed by atoms with Gasteiger partial charge in [0.15, 0.2) is 0 Å². The van der Waals surface area contributed by atoms with E-state index in [0.29, 0.717) is 0 Å². The standard InChI is InChI=1S/C51H34N4S/c1-3-13-40(46-15-5-7-26-53-46)38(11-1)34-17-21-48-42(29-34)43-30-35(39-12-2-4-14-41(39)47-16-6-8-27-54-47)18-22-49(43)55(48)37-20-24-51-45(31-37)44-28-33(19-23-50(44)56-51)36-10-9-25-52-32-36/h1,3-11,13-32H,2,12H2. The third-order valence-electron chi connectivity index (χ3n) is 11.1. The van der Waals surface area contributed by atoms with Gasteiger partial charge in [-0.15, -0.1) is 11.3 Å². The van der Waals surface area contributed by atoms with Crippen LogP contribution in [0.15, 0.2) is 183 Å². The molecule has 264 valence electrons. The second kappa shape index (κ2) is 13.4. The molecule has 0 spiro atoms. The third kappa shape index (κ3) is 5.47. The quantitative estimate of drug-likeness (QED) is 0.171. The molecule has 5 heterocycles. The lowest BCUT2D eigenvalue weighted by molar-refractivity contribution is 1.05. The zero-order valence-corrected chi connectivity index (χ0v) is 31.2. The summed E-state index contributed by atoms with van der Waals surface area (Å²) in [5, 5.41) is 4.98. The lowest BCUT2D eigenvalue weighted by Crippen LogP contribution is -1.97. The average Bonchev–Trinajstić information content (AvgIpc) is 3.81. The fourth-order valence-electron chi connectivity index (χ4n) is 8.48. The minimum atomic E-state index is 0.968. The van der Waals surface area contributed by atoms with E-state index < -0.39 is 0 Å². The number of nitrogens with zero attached hydrogens (tertiary/aromatic N) is 4. The number of allylic oxidation sites excluding steroid dienone is 4. The van der Waals surface area contributed by atoms with Crippen molar-refractivity contribution in [2.45, 2.75) is 12.8 Å². The molecule has 0 bridgehead atoms. The molecule has 0 unspecified atom stereocenters. The summed E-state index contributed by atoms with van der Waals surface area (Å²) in [6, 6.07) is 52.8. The van der Waals surface area contributed by atoms with E-state index in [9.17, 15) is 0 Å². The predicted octanol–water partition coefficient (Wildman–Crippen LogP) is 13.6. The number of pyridine rings is 3. The summed E-state index contributed by atoms with van der Waals surface area (Å²) in [6.07, 6.45) is 14.0. The van der Waals surface area contributed by atoms with E-state index in [1.54, 1.807) is 0 Å². The predicted molar refractivity (Wildman–Crippen MR) is 235 cm³/mol. The van der Waals surface area contributed by atoms with Gasteiger partial charge < -0.3 is 4.57 Å². The Morgan fingerprint density at radius 2 is 1.18 bits per heavy atom. The van der Waals surface area contributed by atoms with Crippen LogP contribution in [0.2, 0.25) is 0 Å². The van der Waals surface area contributed by atoms with E-state index in [4.69, 9.17) is 9.97 Å². The van der Waals surface area contributed by atoms with Crippen molar-refractivity contribution >= 4 is 64.5 Å². The summed E-state index contributed by atoms with van der Waals surface area (Å²) in [6.45, 7) is 0. The van der Waals surface area contributed by atoms with Gasteiger partial charge in [-0.05, 0) is 126 Å². The fourth-order valence-corrected chi connectivity index (χ4v) is 9.55. The lowest BCUT2D eigenvalue weighted by Gasteiger charge is -2.17. The van der Waals surface area contributed by atoms with Crippen molar-refractivity contribution in [2.24, 2.45) is 0 Å². The molecule has 0 atom stereocenters. The molecule has 11 rings (SSSR count). The van der Waals surface area contributed by atoms with Gasteiger partial charge in [-0.3, -0.25) is 15.0 Å². The second-order valence-electron chi connectivity index (χ2n) is 14.3. The van der Waals surface area contributed by atoms with Gasteiger partial charge in [0.1, 0.15) is 0 Å². The molecule has 0 radical (unpaired) electrons. The summed E-state index contributed by atoms with van der Waals surface area (Å²) in [5.74, 6) is 0. The first kappa shape index (κ1) is 32.5. The average molecular weight is 735 g/mol. The smallest absolute Gasteiger partial charge is 0.0708 e. The first-order chi connectivity index (χ1) is 27.8. The van der Waals surface area contributed by atoms with Crippen LogP contribution in [0.1, 0.15) is 24.1 Å². The number of hydrogen-bond acceptors (Lipinski definition) is 4. The Morgan fingerprint density at radius 3 is 1.95 bits per heavy atom. The van der Waals surface area contributed by atoms with E-state index in [1.807, 2.05) is 54.3 Å². The Kier molecular flexibility index (Phi) is 7.78. The number of hydrogen-bond donors (Lipinski definition) is 0. The fraction of sp³-hybridized carbons (Fsp3) is 0.0392. The van der Waals surface area contributed by atoms with Gasteiger partial charge in [0.25, 0.3) is 0 Å². The number of aromatic nitrogens is 4. The van der Waals surface area contributed by atoms with Crippen LogP contribution in [0.4, 0.5) is 0 Å². The summed E-state index contributed by atoms with van der Waals surface area (Å²) in [7, 11) is 0. The largest absolute Gasteiger partial charge is 0.309 e. The molecule has 5 heteroatoms. The van der Waals surface area contributed by atoms with Crippen LogP contribution in [0.25, 0.3) is 92.3 Å². The number of benzene rings is 5. The van der Waals surface area contributed by atoms with Crippen LogP contribution in [-0.4, -0.2) is 19.5 Å². The molecule has 1 aliphatic rings. The Hall–Kier alpha value is -6.95. The highest BCUT2D eigenvalue weighted by molar-refractivity contribution is 7.25. The molecule has 5 aromatic heterocycles. The summed E-state index contributed by atoms with van der Waals surface area (Å²) in [4.78, 5) is 13.9. The van der Waals surface area contributed by atoms with Crippen LogP contribution >= 0.6 is 11.3 Å². The molecule has 0 amide bonds. The van der Waals surface area contributed by atoms with Gasteiger partial charge in [0.05, 0.1) is 22.4 Å². The maximum Gasteiger partial charge on any atom is 0.0708 e. The molecular weight excluding hydrogens is 701 g/mol. The molecule has 4 nitrogen and oxygen atoms in total. The highest BCUT2D eigenvalue weighted by atomic mass is 32.1. The van der Waals surface area contributed by atoms with Crippen molar-refractivity contribution < 1.29 is 0 Å². The highest BCUT2D eigenvalue weighted by Gasteiger charge is 2.20. The maximum atomic E-state index is 4.76. The van der Waals surface area contributed by atoms with Gasteiger partial charge in [0, 0.05) is 78.1 Å². The molecule has 5 aromatic carbocycles. The van der Waals surface area contributed by atoms with Gasteiger partial charge >= 0.3 is 0 Å². The van der Waals surface area contributed by atoms with E-state index in [0.717, 1.165) is 41.0 Å². The van der Waals surface area contributed by atoms with Crippen molar-refractivity contribution in [2.75, 3.05) is 0 Å². The van der Waals surface area contributed by atoms with Gasteiger partial charge in [-0.25, -0.2) is 0 Å². The number of thiophene rings is 1. The minimum Gasteiger partial charge on any atom is -0.309 e. The van der Waals surface area contributed by atoms with Gasteiger partial charge in [-0.2, -0.15) is 0 Å². The van der Waals surface area contributed by atoms with E-state index in [2.05, 4.69) is 149 Å². The molecule has 1 aliphatic carbocycles. The first-order valence-corrected chi connectivity index (χ1v) is 19.9. The zero-order chi connectivity index (χ0) is 37.0. The lowest BCUT2D eigenvalue weighted by atomic mass is 9.89. The summed E-state index contributed by atoms with van der Waals surface area (Å²) < 4.78 is 5.01. The molecular formula is C51H34N4S. The van der Waals surface area contributed by atoms with E-state index >= 15 is 0 Å². The summed E-state index contributed by atoms with van der Waals surface area (Å²) >= 11 is 1.85. The monoisotopic (exact) mass is 734 g/mol. The van der Waals surface area contributed by atoms with E-state index in [1.165, 1.54) is 75.4 Å². The van der Waals surface area contributed by atoms with Gasteiger partial charge in [-0.1, -0.05) is 72.8 Å². The zero-order valence-electron chi connectivity index (χ0n) is 30.4. The summed E-state index contributed by atoms with van der Waals surface area (Å²) in [5.41, 5.74) is 15.0. The molecule has 0 saturated carbocycles. The Bertz CT molecular complexity index is 3170. The highest BCUT2D eigenvalue weighted by Crippen LogP contribution is 2.43. The minimum absolute atomic E-state index is 0.968. The van der Waals surface area contributed by atoms with Gasteiger partial charge in [0.2, 0.25) is 0 Å². The van der Waals surface area contributed by atoms with Crippen LogP contribution in [0.3, 0.4) is 0 Å².